The summed E-state index contributed by atoms with van der Waals surface area (Å²) < 4.78 is 51.2. The van der Waals surface area contributed by atoms with Gasteiger partial charge in [-0.25, -0.2) is 53.3 Å². The molecule has 5 aliphatic heterocycles. The minimum Gasteiger partial charge on any atom is -0.436 e. The lowest BCUT2D eigenvalue weighted by Gasteiger charge is -2.38. The van der Waals surface area contributed by atoms with Crippen LogP contribution in [0.4, 0.5) is 27.1 Å². The number of hydrogen-bond donors (Lipinski definition) is 2. The highest BCUT2D eigenvalue weighted by Gasteiger charge is 2.27. The molecule has 25 rings (SSSR count). The van der Waals surface area contributed by atoms with Crippen LogP contribution in [0.2, 0.25) is 10.0 Å². The largest absolute Gasteiger partial charge is 0.436 e. The molecule has 32 heteroatoms. The highest BCUT2D eigenvalue weighted by atomic mass is 35.5. The third-order valence-corrected chi connectivity index (χ3v) is 30.8. The lowest BCUT2D eigenvalue weighted by Crippen LogP contribution is -2.48. The molecule has 698 valence electrons. The number of piperidine rings is 1. The molecule has 0 bridgehead atoms. The monoisotopic (exact) mass is 1950 g/mol. The van der Waals surface area contributed by atoms with Crippen LogP contribution in [0.15, 0.2) is 275 Å². The maximum Gasteiger partial charge on any atom is 0.349 e. The minimum atomic E-state index is -0.535. The zero-order chi connectivity index (χ0) is 94.3. The fourth-order valence-electron chi connectivity index (χ4n) is 18.1. The van der Waals surface area contributed by atoms with E-state index in [9.17, 15) is 28.4 Å². The number of rotatable bonds is 11. The van der Waals surface area contributed by atoms with Crippen molar-refractivity contribution in [2.45, 2.75) is 38.6 Å². The second kappa shape index (κ2) is 39.7. The van der Waals surface area contributed by atoms with Crippen LogP contribution in [0.25, 0.3) is 161 Å². The van der Waals surface area contributed by atoms with E-state index in [1.807, 2.05) is 164 Å². The fraction of sp³-hybridized carbons (Fsp3) is 0.245. The van der Waals surface area contributed by atoms with E-state index in [2.05, 4.69) is 122 Å². The topological polar surface area (TPSA) is 275 Å². The Hall–Kier alpha value is -13.2. The summed E-state index contributed by atoms with van der Waals surface area (Å²) in [5, 5.41) is 15.0. The Labute approximate surface area is 815 Å². The summed E-state index contributed by atoms with van der Waals surface area (Å²) in [4.78, 5) is 102. The molecule has 0 radical (unpaired) electrons. The number of thiazole rings is 4. The minimum absolute atomic E-state index is 0.123. The first-order valence-corrected chi connectivity index (χ1v) is 50.0. The molecule has 0 unspecified atom stereocenters. The van der Waals surface area contributed by atoms with Gasteiger partial charge in [-0.15, -0.1) is 45.3 Å². The molecule has 0 amide bonds. The van der Waals surface area contributed by atoms with E-state index in [1.54, 1.807) is 18.2 Å². The van der Waals surface area contributed by atoms with E-state index in [0.29, 0.717) is 109 Å². The number of halogens is 3. The number of fused-ring (bicyclic) bond motifs is 10. The van der Waals surface area contributed by atoms with Gasteiger partial charge in [0, 0.05) is 191 Å². The van der Waals surface area contributed by atoms with Gasteiger partial charge >= 0.3 is 28.1 Å². The van der Waals surface area contributed by atoms with Crippen molar-refractivity contribution < 1.29 is 30.9 Å². The molecule has 10 aromatic carbocycles. The molecule has 2 N–H and O–H groups in total. The van der Waals surface area contributed by atoms with E-state index >= 15 is 0 Å². The molecule has 0 aliphatic carbocycles. The van der Waals surface area contributed by atoms with Gasteiger partial charge < -0.3 is 66.5 Å². The van der Waals surface area contributed by atoms with Gasteiger partial charge in [0.05, 0.1) is 62.1 Å². The van der Waals surface area contributed by atoms with E-state index in [0.717, 1.165) is 216 Å². The average molecular weight is 1960 g/mol. The van der Waals surface area contributed by atoms with E-state index in [-0.39, 0.29) is 34.0 Å². The number of likely N-dealkylation sites (N-methyl/N-ethyl adjacent to an activating group) is 2. The van der Waals surface area contributed by atoms with Gasteiger partial charge in [-0.2, -0.15) is 0 Å². The first-order valence-electron chi connectivity index (χ1n) is 46.0. The van der Waals surface area contributed by atoms with Crippen LogP contribution in [0.5, 0.6) is 0 Å². The second-order valence-electron chi connectivity index (χ2n) is 35.2. The van der Waals surface area contributed by atoms with Gasteiger partial charge in [0.1, 0.15) is 75.9 Å². The van der Waals surface area contributed by atoms with Crippen molar-refractivity contribution in [3.05, 3.63) is 298 Å². The molecule has 15 heterocycles. The summed E-state index contributed by atoms with van der Waals surface area (Å²) >= 11 is 18.4. The van der Waals surface area contributed by atoms with E-state index < -0.39 is 11.4 Å². The smallest absolute Gasteiger partial charge is 0.349 e. The molecule has 20 aromatic rings. The van der Waals surface area contributed by atoms with Crippen LogP contribution in [0, 0.1) is 5.82 Å². The number of benzene rings is 10. The summed E-state index contributed by atoms with van der Waals surface area (Å²) in [6, 6.07) is 71.3. The van der Waals surface area contributed by atoms with E-state index in [4.69, 9.17) is 49.7 Å². The summed E-state index contributed by atoms with van der Waals surface area (Å²) in [6.07, 6.45) is 2.22. The Bertz CT molecular complexity index is 8260. The number of para-hydroxylation sites is 4. The first-order chi connectivity index (χ1) is 67.2. The third kappa shape index (κ3) is 19.6. The van der Waals surface area contributed by atoms with Crippen molar-refractivity contribution in [1.82, 2.24) is 50.3 Å². The van der Waals surface area contributed by atoms with Gasteiger partial charge in [-0.1, -0.05) is 71.7 Å². The van der Waals surface area contributed by atoms with Crippen LogP contribution < -0.4 is 58.4 Å². The van der Waals surface area contributed by atoms with E-state index in [1.165, 1.54) is 69.1 Å². The first kappa shape index (κ1) is 91.2. The van der Waals surface area contributed by atoms with Crippen molar-refractivity contribution in [1.29, 1.82) is 0 Å². The highest BCUT2D eigenvalue weighted by Crippen LogP contribution is 2.40. The Morgan fingerprint density at radius 2 is 0.703 bits per heavy atom. The van der Waals surface area contributed by atoms with Crippen LogP contribution in [0.3, 0.4) is 0 Å². The summed E-state index contributed by atoms with van der Waals surface area (Å²) in [6.45, 7) is 22.3. The van der Waals surface area contributed by atoms with Gasteiger partial charge in [-0.3, -0.25) is 4.90 Å². The fourth-order valence-corrected chi connectivity index (χ4v) is 22.5. The Balaban J connectivity index is 0.000000103. The second-order valence-corrected chi connectivity index (χ2v) is 40.1. The molecular formula is C106H93Cl2FN14O11S4. The predicted molar refractivity (Wildman–Crippen MR) is 558 cm³/mol. The van der Waals surface area contributed by atoms with Crippen LogP contribution >= 0.6 is 68.5 Å². The zero-order valence-corrected chi connectivity index (χ0v) is 80.6. The zero-order valence-electron chi connectivity index (χ0n) is 75.8. The van der Waals surface area contributed by atoms with Gasteiger partial charge in [0.2, 0.25) is 5.89 Å². The number of hydrogen-bond acceptors (Lipinski definition) is 29. The number of nitrogens with zero attached hydrogens (tertiary/aromatic N) is 12. The Morgan fingerprint density at radius 1 is 0.341 bits per heavy atom. The number of nitrogens with one attached hydrogen (secondary N) is 2. The quantitative estimate of drug-likeness (QED) is 0.114. The number of anilines is 4. The number of aromatic nitrogens is 5. The molecule has 5 aliphatic rings. The van der Waals surface area contributed by atoms with Crippen molar-refractivity contribution >= 4 is 198 Å². The number of piperazine rings is 4. The molecule has 25 nitrogen and oxygen atoms in total. The van der Waals surface area contributed by atoms with Gasteiger partial charge in [-0.05, 0) is 211 Å². The standard InChI is InChI=1S/C23H23N3O2S.C21H18ClN3O2S.C21H17ClN2O2S.C21H19N3O2S.C20H16FN3O3/c1-15(2)25-9-11-26(12-10-25)17-8-7-16-13-18(23(27)28-20(16)14-17)22-24-19-5-3-4-6-21(19)29-22;1-24-7-9-25(10-8-24)14-6-5-13-11-15(21(26)27-17(13)12-14)20-23-19-16(22)3-2-4-18(19)28-20;22-16-2-1-3-18-19(16)24-20(27-18)15-10-14-5-4-13(11-17(14)26-21(15)25)12-6-8-23-9-7-12;1-23-8-10-24(11-9-23)15-7-6-14-12-16(21(25)26-18(14)13-15)20-22-17-4-2-3-5-19(17)27-20;21-13-2-4-17-16(10-13)23-19(26-17)15-9-12-1-3-14(11-18(12)27-20(15)25)24-7-5-22-6-8-24/h3-8,13-15H,9-12H2,1-2H3;2-6,11-12H,7-10H2,1H3;1-5,10-12,23H,6-9H2;2-7,12-13H,8-11H2,1H3;1-4,9-11,22H,5-8H2. The van der Waals surface area contributed by atoms with Gasteiger partial charge in [0.25, 0.3) is 0 Å². The highest BCUT2D eigenvalue weighted by molar-refractivity contribution is 7.22. The Kier molecular flexibility index (Phi) is 26.2. The average Bonchev–Trinajstić information content (AvgIpc) is 1.51. The van der Waals surface area contributed by atoms with Crippen LogP contribution in [-0.4, -0.2) is 178 Å². The normalized spacial score (nSPS) is 15.5. The molecule has 0 saturated carbocycles. The van der Waals surface area contributed by atoms with Crippen molar-refractivity contribution in [2.24, 2.45) is 0 Å². The van der Waals surface area contributed by atoms with Crippen molar-refractivity contribution in [2.75, 3.05) is 152 Å². The summed E-state index contributed by atoms with van der Waals surface area (Å²) in [5.41, 5.74) is 12.9. The molecule has 5 fully saturated rings. The Morgan fingerprint density at radius 3 is 1.12 bits per heavy atom. The lowest BCUT2D eigenvalue weighted by atomic mass is 9.90. The van der Waals surface area contributed by atoms with Crippen molar-refractivity contribution in [3.8, 4) is 53.7 Å². The molecular weight excluding hydrogens is 1860 g/mol. The maximum absolute atomic E-state index is 13.4. The van der Waals surface area contributed by atoms with Crippen molar-refractivity contribution in [3.63, 3.8) is 0 Å². The molecule has 10 aromatic heterocycles. The summed E-state index contributed by atoms with van der Waals surface area (Å²) in [7, 11) is 4.27. The maximum atomic E-state index is 13.4. The molecule has 138 heavy (non-hydrogen) atoms. The van der Waals surface area contributed by atoms with Crippen LogP contribution in [-0.2, 0) is 0 Å². The molecule has 0 spiro atoms. The SMILES string of the molecule is CC(C)N1CCN(c2ccc3cc(-c4nc5ccccc5s4)c(=O)oc3c2)CC1.CN1CCN(c2ccc3cc(-c4nc5c(Cl)cccc5s4)c(=O)oc3c2)CC1.CN1CCN(c2ccc3cc(-c4nc5ccccc5s4)c(=O)oc3c2)CC1.O=c1oc2cc(C3CCNCC3)ccc2cc1-c1nc2c(Cl)cccc2s1.O=c1oc2cc(N3CCNCC3)ccc2cc1-c1nc2cc(F)ccc2o1. The molecule has 0 atom stereocenters. The molecule has 5 saturated heterocycles. The lowest BCUT2D eigenvalue weighted by molar-refractivity contribution is 0.209. The predicted octanol–water partition coefficient (Wildman–Crippen LogP) is 21.2. The summed E-state index contributed by atoms with van der Waals surface area (Å²) in [5.74, 6) is 0.234. The number of oxazole rings is 1. The third-order valence-electron chi connectivity index (χ3n) is 25.9. The van der Waals surface area contributed by atoms with Crippen LogP contribution in [0.1, 0.15) is 38.2 Å². The van der Waals surface area contributed by atoms with Gasteiger partial charge in [0.15, 0.2) is 5.58 Å².